The van der Waals surface area contributed by atoms with Crippen LogP contribution in [0.15, 0.2) is 84.9 Å². The van der Waals surface area contributed by atoms with E-state index in [-0.39, 0.29) is 62.4 Å². The Morgan fingerprint density at radius 1 is 0.667 bits per heavy atom. The standard InChI is InChI=1S/C46H55F3N4O13/c47-46(48,49)41-26-32(29-52-45(56)57)27-42(53-41)66-34-7-5-6-33(28-34)43(54)51-12-13-58-14-15-59-16-17-60-18-19-61-20-21-62-22-23-63-24-25-64-31-40(50)44(55)65-30-39-37-10-3-1-8-35(37)36-9-2-4-11-38(36)39/h1-11,26-28,39-40,52H,12-25,29-31,50H2,(H,51,54)(H,56,57). The van der Waals surface area contributed by atoms with Gasteiger partial charge in [-0.1, -0.05) is 54.6 Å². The number of hydrogen-bond acceptors (Lipinski definition) is 14. The van der Waals surface area contributed by atoms with Gasteiger partial charge < -0.3 is 64.1 Å². The number of rotatable bonds is 31. The molecule has 0 bridgehead atoms. The molecule has 0 saturated carbocycles. The number of amides is 2. The molecule has 4 aromatic rings. The summed E-state index contributed by atoms with van der Waals surface area (Å²) in [5, 5.41) is 13.5. The van der Waals surface area contributed by atoms with Gasteiger partial charge in [-0.3, -0.25) is 9.59 Å². The number of nitrogens with one attached hydrogen (secondary N) is 2. The Morgan fingerprint density at radius 3 is 1.74 bits per heavy atom. The second kappa shape index (κ2) is 27.7. The summed E-state index contributed by atoms with van der Waals surface area (Å²) >= 11 is 0. The van der Waals surface area contributed by atoms with Crippen molar-refractivity contribution >= 4 is 18.0 Å². The number of aromatic nitrogens is 1. The summed E-state index contributed by atoms with van der Waals surface area (Å²) in [5.41, 5.74) is 9.50. The van der Waals surface area contributed by atoms with E-state index in [1.165, 1.54) is 30.3 Å². The molecule has 1 aliphatic rings. The predicted octanol–water partition coefficient (Wildman–Crippen LogP) is 5.19. The molecule has 3 aromatic carbocycles. The van der Waals surface area contributed by atoms with Crippen LogP contribution in [0.5, 0.6) is 11.6 Å². The number of esters is 1. The number of nitrogens with two attached hydrogens (primary N) is 1. The van der Waals surface area contributed by atoms with Gasteiger partial charge in [-0.25, -0.2) is 9.78 Å². The molecular weight excluding hydrogens is 874 g/mol. The van der Waals surface area contributed by atoms with Gasteiger partial charge in [-0.05, 0) is 52.1 Å². The molecule has 358 valence electrons. The highest BCUT2D eigenvalue weighted by Gasteiger charge is 2.34. The number of carboxylic acid groups (broad SMARTS) is 1. The summed E-state index contributed by atoms with van der Waals surface area (Å²) in [4.78, 5) is 39.4. The fourth-order valence-corrected chi connectivity index (χ4v) is 6.51. The van der Waals surface area contributed by atoms with Crippen LogP contribution in [0, 0.1) is 0 Å². The van der Waals surface area contributed by atoms with Crippen molar-refractivity contribution in [1.82, 2.24) is 15.6 Å². The van der Waals surface area contributed by atoms with E-state index < -0.39 is 48.3 Å². The van der Waals surface area contributed by atoms with Crippen LogP contribution in [0.3, 0.4) is 0 Å². The number of halogens is 3. The molecule has 0 radical (unpaired) electrons. The van der Waals surface area contributed by atoms with Gasteiger partial charge in [0, 0.05) is 30.6 Å². The summed E-state index contributed by atoms with van der Waals surface area (Å²) in [5.74, 6) is -1.38. The minimum absolute atomic E-state index is 0.0152. The maximum absolute atomic E-state index is 13.4. The van der Waals surface area contributed by atoms with Crippen molar-refractivity contribution in [2.24, 2.45) is 5.73 Å². The first-order valence-corrected chi connectivity index (χ1v) is 21.2. The van der Waals surface area contributed by atoms with Crippen LogP contribution < -0.4 is 21.1 Å². The van der Waals surface area contributed by atoms with E-state index in [0.717, 1.165) is 22.3 Å². The number of benzene rings is 3. The summed E-state index contributed by atoms with van der Waals surface area (Å²) < 4.78 is 89.6. The molecule has 1 unspecified atom stereocenters. The second-order valence-corrected chi connectivity index (χ2v) is 14.5. The Kier molecular flexibility index (Phi) is 21.5. The number of ether oxygens (including phenoxy) is 9. The molecule has 2 amide bonds. The highest BCUT2D eigenvalue weighted by molar-refractivity contribution is 5.94. The molecule has 5 N–H and O–H groups in total. The summed E-state index contributed by atoms with van der Waals surface area (Å²) in [6, 6.07) is 23.0. The van der Waals surface area contributed by atoms with Crippen LogP contribution in [-0.4, -0.2) is 140 Å². The van der Waals surface area contributed by atoms with Gasteiger partial charge in [-0.15, -0.1) is 0 Å². The van der Waals surface area contributed by atoms with Gasteiger partial charge in [0.05, 0.1) is 92.5 Å². The van der Waals surface area contributed by atoms with E-state index in [1.807, 2.05) is 29.6 Å². The van der Waals surface area contributed by atoms with Crippen LogP contribution in [0.25, 0.3) is 11.1 Å². The maximum atomic E-state index is 13.4. The number of carbonyl (C=O) groups is 3. The number of pyridine rings is 1. The van der Waals surface area contributed by atoms with Gasteiger partial charge in [0.25, 0.3) is 5.91 Å². The first kappa shape index (κ1) is 51.3. The maximum Gasteiger partial charge on any atom is 0.433 e. The minimum atomic E-state index is -4.80. The zero-order chi connectivity index (χ0) is 47.0. The lowest BCUT2D eigenvalue weighted by molar-refractivity contribution is -0.147. The normalized spacial score (nSPS) is 12.6. The van der Waals surface area contributed by atoms with Crippen molar-refractivity contribution in [2.75, 3.05) is 106 Å². The minimum Gasteiger partial charge on any atom is -0.465 e. The van der Waals surface area contributed by atoms with Crippen molar-refractivity contribution in [3.8, 4) is 22.8 Å². The zero-order valence-electron chi connectivity index (χ0n) is 36.3. The lowest BCUT2D eigenvalue weighted by Crippen LogP contribution is -2.37. The lowest BCUT2D eigenvalue weighted by atomic mass is 9.98. The Hall–Kier alpha value is -5.71. The van der Waals surface area contributed by atoms with Crippen LogP contribution in [-0.2, 0) is 55.4 Å². The molecule has 17 nitrogen and oxygen atoms in total. The Labute approximate surface area is 379 Å². The second-order valence-electron chi connectivity index (χ2n) is 14.5. The molecule has 1 heterocycles. The van der Waals surface area contributed by atoms with E-state index >= 15 is 0 Å². The van der Waals surface area contributed by atoms with Crippen molar-refractivity contribution in [3.05, 3.63) is 113 Å². The van der Waals surface area contributed by atoms with E-state index in [0.29, 0.717) is 72.1 Å². The van der Waals surface area contributed by atoms with Crippen molar-refractivity contribution < 1.29 is 75.3 Å². The molecule has 0 aliphatic heterocycles. The van der Waals surface area contributed by atoms with E-state index in [4.69, 9.17) is 53.5 Å². The molecule has 1 aromatic heterocycles. The first-order chi connectivity index (χ1) is 32.0. The Balaban J connectivity index is 0.776. The quantitative estimate of drug-likeness (QED) is 0.0377. The van der Waals surface area contributed by atoms with E-state index in [9.17, 15) is 27.6 Å². The van der Waals surface area contributed by atoms with Crippen LogP contribution >= 0.6 is 0 Å². The number of fused-ring (bicyclic) bond motifs is 3. The summed E-state index contributed by atoms with van der Waals surface area (Å²) in [6.07, 6.45) is -6.20. The molecule has 20 heteroatoms. The monoisotopic (exact) mass is 928 g/mol. The first-order valence-electron chi connectivity index (χ1n) is 21.2. The van der Waals surface area contributed by atoms with Gasteiger partial charge in [-0.2, -0.15) is 13.2 Å². The van der Waals surface area contributed by atoms with Crippen molar-refractivity contribution in [2.45, 2.75) is 24.7 Å². The number of nitrogens with zero attached hydrogens (tertiary/aromatic N) is 1. The highest BCUT2D eigenvalue weighted by atomic mass is 19.4. The van der Waals surface area contributed by atoms with Crippen LogP contribution in [0.1, 0.15) is 38.7 Å². The third-order valence-corrected chi connectivity index (χ3v) is 9.63. The molecule has 66 heavy (non-hydrogen) atoms. The Morgan fingerprint density at radius 2 is 1.20 bits per heavy atom. The number of alkyl halides is 3. The Bertz CT molecular complexity index is 2080. The topological polar surface area (TPSA) is 217 Å². The molecule has 1 atom stereocenters. The zero-order valence-corrected chi connectivity index (χ0v) is 36.3. The third-order valence-electron chi connectivity index (χ3n) is 9.63. The highest BCUT2D eigenvalue weighted by Crippen LogP contribution is 2.44. The molecule has 0 fully saturated rings. The predicted molar refractivity (Wildman–Crippen MR) is 231 cm³/mol. The molecular formula is C46H55F3N4O13. The average molecular weight is 929 g/mol. The molecule has 1 aliphatic carbocycles. The van der Waals surface area contributed by atoms with E-state index in [2.05, 4.69) is 34.6 Å². The fourth-order valence-electron chi connectivity index (χ4n) is 6.51. The third kappa shape index (κ3) is 17.6. The summed E-state index contributed by atoms with van der Waals surface area (Å²) in [7, 11) is 0. The molecule has 0 saturated heterocycles. The SMILES string of the molecule is NC(COCCOCCOCCOCCOCCOCCOCCNC(=O)c1cccc(Oc2cc(CNC(=O)O)cc(C(F)(F)F)n2)c1)C(=O)OCC1c2ccccc2-c2ccccc21. The van der Waals surface area contributed by atoms with Crippen molar-refractivity contribution in [3.63, 3.8) is 0 Å². The summed E-state index contributed by atoms with van der Waals surface area (Å²) in [6.45, 7) is 4.47. The largest absolute Gasteiger partial charge is 0.465 e. The van der Waals surface area contributed by atoms with Gasteiger partial charge in [0.2, 0.25) is 5.88 Å². The van der Waals surface area contributed by atoms with Gasteiger partial charge in [0.15, 0.2) is 0 Å². The van der Waals surface area contributed by atoms with Crippen molar-refractivity contribution in [1.29, 1.82) is 0 Å². The average Bonchev–Trinajstić information content (AvgIpc) is 3.63. The van der Waals surface area contributed by atoms with Gasteiger partial charge >= 0.3 is 18.2 Å². The van der Waals surface area contributed by atoms with E-state index in [1.54, 1.807) is 0 Å². The molecule has 0 spiro atoms. The number of carbonyl (C=O) groups excluding carboxylic acids is 2. The van der Waals surface area contributed by atoms with Crippen LogP contribution in [0.2, 0.25) is 0 Å². The van der Waals surface area contributed by atoms with Crippen LogP contribution in [0.4, 0.5) is 18.0 Å². The number of hydrogen-bond donors (Lipinski definition) is 4. The lowest BCUT2D eigenvalue weighted by Gasteiger charge is -2.16. The van der Waals surface area contributed by atoms with Gasteiger partial charge in [0.1, 0.15) is 24.1 Å². The fraction of sp³-hybridized carbons (Fsp3) is 0.435. The smallest absolute Gasteiger partial charge is 0.433 e. The molecule has 5 rings (SSSR count).